The van der Waals surface area contributed by atoms with Crippen LogP contribution in [0.3, 0.4) is 0 Å². The molecule has 0 aliphatic carbocycles. The summed E-state index contributed by atoms with van der Waals surface area (Å²) in [5.74, 6) is -0.298. The Balaban J connectivity index is 1.69. The minimum absolute atomic E-state index is 0.0603. The van der Waals surface area contributed by atoms with Gasteiger partial charge in [0, 0.05) is 45.5 Å². The third-order valence-corrected chi connectivity index (χ3v) is 7.20. The van der Waals surface area contributed by atoms with Gasteiger partial charge < -0.3 is 9.80 Å². The maximum absolute atomic E-state index is 13.6. The average Bonchev–Trinajstić information content (AvgIpc) is 3.25. The third kappa shape index (κ3) is 5.43. The molecule has 0 saturated carbocycles. The topological polar surface area (TPSA) is 78.5 Å². The molecule has 4 aliphatic rings. The number of likely N-dealkylation sites (tertiary alicyclic amines) is 1. The largest absolute Gasteiger partial charge is 0.401 e. The van der Waals surface area contributed by atoms with Gasteiger partial charge in [0.25, 0.3) is 5.91 Å². The predicted molar refractivity (Wildman–Crippen MR) is 127 cm³/mol. The van der Waals surface area contributed by atoms with Gasteiger partial charge in [0.2, 0.25) is 0 Å². The molecule has 0 radical (unpaired) electrons. The van der Waals surface area contributed by atoms with Crippen LogP contribution in [0, 0.1) is 11.3 Å². The van der Waals surface area contributed by atoms with E-state index in [-0.39, 0.29) is 30.6 Å². The van der Waals surface area contributed by atoms with Crippen LogP contribution in [-0.2, 0) is 4.79 Å². The highest BCUT2D eigenvalue weighted by Crippen LogP contribution is 2.36. The maximum atomic E-state index is 13.6. The van der Waals surface area contributed by atoms with E-state index in [1.807, 2.05) is 24.8 Å². The molecular weight excluding hydrogens is 459 g/mol. The lowest BCUT2D eigenvalue weighted by molar-refractivity contribution is -0.150. The van der Waals surface area contributed by atoms with Gasteiger partial charge in [-0.2, -0.15) is 18.4 Å². The van der Waals surface area contributed by atoms with Crippen molar-refractivity contribution in [1.29, 1.82) is 5.26 Å². The van der Waals surface area contributed by atoms with Crippen LogP contribution in [0.4, 0.5) is 13.2 Å². The van der Waals surface area contributed by atoms with Crippen LogP contribution in [0.1, 0.15) is 33.1 Å². The van der Waals surface area contributed by atoms with E-state index in [0.29, 0.717) is 38.4 Å². The number of carbonyl (C=O) groups excluding carboxylic acids is 1. The van der Waals surface area contributed by atoms with Crippen LogP contribution in [0.15, 0.2) is 33.0 Å². The number of dihydropyridines is 1. The number of halogens is 3. The summed E-state index contributed by atoms with van der Waals surface area (Å²) in [5, 5.41) is 10.3. The van der Waals surface area contributed by atoms with Crippen molar-refractivity contribution >= 4 is 18.5 Å². The van der Waals surface area contributed by atoms with E-state index >= 15 is 0 Å². The summed E-state index contributed by atoms with van der Waals surface area (Å²) in [5.41, 5.74) is 0.618. The molecule has 190 valence electrons. The van der Waals surface area contributed by atoms with Gasteiger partial charge in [0.15, 0.2) is 0 Å². The predicted octanol–water partition coefficient (Wildman–Crippen LogP) is 2.42. The molecule has 4 rings (SSSR count). The number of allylic oxidation sites excluding steroid dienone is 1. The second kappa shape index (κ2) is 10.1. The molecular formula is C24H32F3N7O. The normalized spacial score (nSPS) is 24.7. The molecule has 0 aromatic rings. The fourth-order valence-corrected chi connectivity index (χ4v) is 5.31. The zero-order valence-electron chi connectivity index (χ0n) is 20.3. The summed E-state index contributed by atoms with van der Waals surface area (Å²) in [7, 11) is 0. The molecule has 35 heavy (non-hydrogen) atoms. The summed E-state index contributed by atoms with van der Waals surface area (Å²) >= 11 is 0. The lowest BCUT2D eigenvalue weighted by Gasteiger charge is -2.47. The smallest absolute Gasteiger partial charge is 0.338 e. The van der Waals surface area contributed by atoms with E-state index in [1.165, 1.54) is 4.90 Å². The van der Waals surface area contributed by atoms with Crippen LogP contribution in [0.5, 0.6) is 0 Å². The number of rotatable bonds is 5. The number of fused-ring (bicyclic) bond motifs is 1. The van der Waals surface area contributed by atoms with Gasteiger partial charge in [-0.05, 0) is 39.2 Å². The van der Waals surface area contributed by atoms with Gasteiger partial charge in [-0.25, -0.2) is 0 Å². The van der Waals surface area contributed by atoms with Crippen LogP contribution in [-0.4, -0.2) is 108 Å². The lowest BCUT2D eigenvalue weighted by Crippen LogP contribution is -2.58. The first-order chi connectivity index (χ1) is 16.6. The Morgan fingerprint density at radius 1 is 1.11 bits per heavy atom. The van der Waals surface area contributed by atoms with E-state index in [2.05, 4.69) is 21.0 Å². The number of aliphatic imine (C=N–C) groups is 2. The van der Waals surface area contributed by atoms with Gasteiger partial charge >= 0.3 is 6.18 Å². The Morgan fingerprint density at radius 2 is 1.80 bits per heavy atom. The van der Waals surface area contributed by atoms with Crippen molar-refractivity contribution in [2.45, 2.75) is 50.9 Å². The number of amides is 1. The van der Waals surface area contributed by atoms with Crippen molar-refractivity contribution in [1.82, 2.24) is 19.6 Å². The lowest BCUT2D eigenvalue weighted by atomic mass is 9.90. The van der Waals surface area contributed by atoms with Crippen LogP contribution in [0.2, 0.25) is 0 Å². The first-order valence-corrected chi connectivity index (χ1v) is 12.1. The van der Waals surface area contributed by atoms with Gasteiger partial charge in [0.1, 0.15) is 17.7 Å². The number of carbonyl (C=O) groups is 1. The summed E-state index contributed by atoms with van der Waals surface area (Å²) < 4.78 is 38.7. The number of alkyl halides is 3. The molecule has 0 aromatic heterocycles. The zero-order valence-corrected chi connectivity index (χ0v) is 20.3. The Bertz CT molecular complexity index is 978. The fourth-order valence-electron chi connectivity index (χ4n) is 5.31. The third-order valence-electron chi connectivity index (χ3n) is 7.20. The van der Waals surface area contributed by atoms with Crippen molar-refractivity contribution in [3.05, 3.63) is 23.0 Å². The van der Waals surface area contributed by atoms with Gasteiger partial charge in [-0.1, -0.05) is 0 Å². The quantitative estimate of drug-likeness (QED) is 0.436. The molecule has 0 spiro atoms. The number of piperazine rings is 1. The van der Waals surface area contributed by atoms with E-state index < -0.39 is 18.3 Å². The summed E-state index contributed by atoms with van der Waals surface area (Å²) in [6, 6.07) is 2.01. The highest BCUT2D eigenvalue weighted by Gasteiger charge is 2.44. The Morgan fingerprint density at radius 3 is 2.43 bits per heavy atom. The number of piperidine rings is 1. The highest BCUT2D eigenvalue weighted by molar-refractivity contribution is 5.99. The van der Waals surface area contributed by atoms with E-state index in [1.54, 1.807) is 17.5 Å². The molecule has 1 amide bonds. The first-order valence-electron chi connectivity index (χ1n) is 12.1. The molecule has 0 bridgehead atoms. The van der Waals surface area contributed by atoms with Crippen molar-refractivity contribution in [3.8, 4) is 6.07 Å². The molecule has 4 aliphatic heterocycles. The molecule has 0 aromatic carbocycles. The molecule has 1 unspecified atom stereocenters. The minimum Gasteiger partial charge on any atom is -0.338 e. The molecule has 1 atom stereocenters. The van der Waals surface area contributed by atoms with Crippen LogP contribution < -0.4 is 0 Å². The standard InChI is InChI=1S/C24H32F3N7O/c1-23(2,33-12-10-31(11-13-33)16-24(25,26)27)21(34-17-30-19-15-29-7-6-20(19)34)18(14-28)22(35)32-8-4-3-5-9-32/h6-7,17,19H,3-5,8-13,15-16H2,1-2H3. The van der Waals surface area contributed by atoms with Gasteiger partial charge in [-0.15, -0.1) is 0 Å². The van der Waals surface area contributed by atoms with Gasteiger partial charge in [0.05, 0.1) is 36.4 Å². The molecule has 4 heterocycles. The molecule has 0 N–H and O–H groups in total. The van der Waals surface area contributed by atoms with Crippen LogP contribution in [0.25, 0.3) is 0 Å². The summed E-state index contributed by atoms with van der Waals surface area (Å²) in [6.45, 7) is 5.92. The number of nitriles is 1. The second-order valence-electron chi connectivity index (χ2n) is 9.88. The number of hydrogen-bond acceptors (Lipinski definition) is 7. The Hall–Kier alpha value is -2.71. The molecule has 8 nitrogen and oxygen atoms in total. The zero-order chi connectivity index (χ0) is 25.2. The van der Waals surface area contributed by atoms with E-state index in [9.17, 15) is 23.2 Å². The Labute approximate surface area is 204 Å². The molecule has 11 heteroatoms. The molecule has 2 saturated heterocycles. The van der Waals surface area contributed by atoms with Crippen molar-refractivity contribution < 1.29 is 18.0 Å². The van der Waals surface area contributed by atoms with Gasteiger partial charge in [-0.3, -0.25) is 24.6 Å². The van der Waals surface area contributed by atoms with Crippen molar-refractivity contribution in [2.75, 3.05) is 52.4 Å². The average molecular weight is 492 g/mol. The Kier molecular flexibility index (Phi) is 7.33. The minimum atomic E-state index is -4.24. The number of hydrogen-bond donors (Lipinski definition) is 0. The summed E-state index contributed by atoms with van der Waals surface area (Å²) in [6.07, 6.45) is 3.82. The van der Waals surface area contributed by atoms with E-state index in [0.717, 1.165) is 25.0 Å². The summed E-state index contributed by atoms with van der Waals surface area (Å²) in [4.78, 5) is 29.5. The fraction of sp³-hybridized carbons (Fsp3) is 0.667. The van der Waals surface area contributed by atoms with E-state index in [4.69, 9.17) is 0 Å². The second-order valence-corrected chi connectivity index (χ2v) is 9.88. The van der Waals surface area contributed by atoms with Crippen molar-refractivity contribution in [2.24, 2.45) is 9.98 Å². The SMILES string of the molecule is CC(C)(C(=C(C#N)C(=O)N1CCCCC1)N1C=NC2CN=CC=C21)N1CCN(CC(F)(F)F)CC1. The highest BCUT2D eigenvalue weighted by atomic mass is 19.4. The monoisotopic (exact) mass is 491 g/mol. The first kappa shape index (κ1) is 25.4. The maximum Gasteiger partial charge on any atom is 0.401 e. The van der Waals surface area contributed by atoms with Crippen LogP contribution >= 0.6 is 0 Å². The number of nitrogens with zero attached hydrogens (tertiary/aromatic N) is 7. The molecule has 2 fully saturated rings. The van der Waals surface area contributed by atoms with Crippen molar-refractivity contribution in [3.63, 3.8) is 0 Å².